The predicted molar refractivity (Wildman–Crippen MR) is 138 cm³/mol. The Balaban J connectivity index is 1.49. The summed E-state index contributed by atoms with van der Waals surface area (Å²) < 4.78 is 27.1. The third-order valence-electron chi connectivity index (χ3n) is 6.78. The molecule has 4 heterocycles. The Morgan fingerprint density at radius 2 is 1.97 bits per heavy atom. The standard InChI is InChI=1S/C29H25FN4O3/c1-16(2)27-23(34-11-5-4-6-25(34)31-27)13-18-7-9-21-19(12-18)15-36-24-14-20(30)8-10-22(24)26(21)17(3)28-32-29(35)37-33-28/h4-12,14,16H,13,15H2,1-3H3,(H,32,33,35). The summed E-state index contributed by atoms with van der Waals surface area (Å²) in [5.41, 5.74) is 8.37. The van der Waals surface area contributed by atoms with E-state index < -0.39 is 5.76 Å². The van der Waals surface area contributed by atoms with Crippen LogP contribution >= 0.6 is 0 Å². The Hall–Kier alpha value is -4.46. The molecule has 0 bridgehead atoms. The second-order valence-electron chi connectivity index (χ2n) is 9.57. The normalized spacial score (nSPS) is 14.3. The first kappa shape index (κ1) is 23.0. The van der Waals surface area contributed by atoms with Gasteiger partial charge in [0, 0.05) is 29.8 Å². The zero-order valence-corrected chi connectivity index (χ0v) is 20.7. The molecule has 8 heteroatoms. The molecule has 0 fully saturated rings. The van der Waals surface area contributed by atoms with Crippen LogP contribution < -0.4 is 10.5 Å². The van der Waals surface area contributed by atoms with Crippen molar-refractivity contribution in [3.8, 4) is 5.75 Å². The fraction of sp³-hybridized carbons (Fsp3) is 0.207. The summed E-state index contributed by atoms with van der Waals surface area (Å²) in [4.78, 5) is 19.2. The maximum Gasteiger partial charge on any atom is 0.439 e. The van der Waals surface area contributed by atoms with Crippen LogP contribution in [0.3, 0.4) is 0 Å². The summed E-state index contributed by atoms with van der Waals surface area (Å²) in [6.07, 6.45) is 2.74. The topological polar surface area (TPSA) is 85.4 Å². The van der Waals surface area contributed by atoms with Gasteiger partial charge in [0.25, 0.3) is 0 Å². The zero-order chi connectivity index (χ0) is 25.7. The van der Waals surface area contributed by atoms with Gasteiger partial charge in [-0.3, -0.25) is 9.51 Å². The van der Waals surface area contributed by atoms with Crippen LogP contribution in [0.4, 0.5) is 4.39 Å². The molecule has 0 radical (unpaired) electrons. The second-order valence-corrected chi connectivity index (χ2v) is 9.57. The van der Waals surface area contributed by atoms with Gasteiger partial charge in [0.05, 0.1) is 11.4 Å². The zero-order valence-electron chi connectivity index (χ0n) is 20.7. The van der Waals surface area contributed by atoms with Gasteiger partial charge in [-0.2, -0.15) is 0 Å². The molecule has 5 aromatic rings. The van der Waals surface area contributed by atoms with Crippen LogP contribution in [0.2, 0.25) is 0 Å². The van der Waals surface area contributed by atoms with E-state index in [0.29, 0.717) is 23.6 Å². The van der Waals surface area contributed by atoms with Crippen LogP contribution in [0.25, 0.3) is 16.8 Å². The fourth-order valence-corrected chi connectivity index (χ4v) is 5.05. The Morgan fingerprint density at radius 3 is 2.76 bits per heavy atom. The summed E-state index contributed by atoms with van der Waals surface area (Å²) in [5.74, 6) is 0.0152. The van der Waals surface area contributed by atoms with E-state index in [1.165, 1.54) is 12.1 Å². The molecule has 0 aliphatic carbocycles. The van der Waals surface area contributed by atoms with Crippen LogP contribution in [0.1, 0.15) is 66.2 Å². The van der Waals surface area contributed by atoms with E-state index in [-0.39, 0.29) is 18.3 Å². The highest BCUT2D eigenvalue weighted by molar-refractivity contribution is 5.99. The lowest BCUT2D eigenvalue weighted by Crippen LogP contribution is -2.03. The van der Waals surface area contributed by atoms with Crippen molar-refractivity contribution in [3.63, 3.8) is 0 Å². The molecule has 0 amide bonds. The van der Waals surface area contributed by atoms with Crippen LogP contribution in [-0.2, 0) is 13.0 Å². The lowest BCUT2D eigenvalue weighted by molar-refractivity contribution is 0.305. The highest BCUT2D eigenvalue weighted by atomic mass is 19.1. The van der Waals surface area contributed by atoms with E-state index in [4.69, 9.17) is 14.2 Å². The molecular formula is C29H25FN4O3. The van der Waals surface area contributed by atoms with Gasteiger partial charge in [-0.05, 0) is 59.4 Å². The smallest absolute Gasteiger partial charge is 0.439 e. The molecule has 1 N–H and O–H groups in total. The van der Waals surface area contributed by atoms with Gasteiger partial charge in [0.15, 0.2) is 5.82 Å². The molecule has 7 nitrogen and oxygen atoms in total. The molecule has 3 aromatic heterocycles. The lowest BCUT2D eigenvalue weighted by Gasteiger charge is -2.15. The van der Waals surface area contributed by atoms with Crippen molar-refractivity contribution >= 4 is 16.8 Å². The van der Waals surface area contributed by atoms with Gasteiger partial charge in [-0.1, -0.05) is 43.3 Å². The Bertz CT molecular complexity index is 1740. The van der Waals surface area contributed by atoms with E-state index in [2.05, 4.69) is 46.6 Å². The van der Waals surface area contributed by atoms with Gasteiger partial charge in [0.1, 0.15) is 23.8 Å². The van der Waals surface area contributed by atoms with Crippen LogP contribution in [0.5, 0.6) is 5.75 Å². The van der Waals surface area contributed by atoms with E-state index >= 15 is 0 Å². The Labute approximate surface area is 212 Å². The Kier molecular flexibility index (Phi) is 5.52. The maximum atomic E-state index is 14.1. The number of aromatic amines is 1. The summed E-state index contributed by atoms with van der Waals surface area (Å²) in [7, 11) is 0. The Morgan fingerprint density at radius 1 is 1.14 bits per heavy atom. The molecule has 0 atom stereocenters. The minimum absolute atomic E-state index is 0.274. The van der Waals surface area contributed by atoms with Crippen LogP contribution in [-0.4, -0.2) is 19.5 Å². The third-order valence-corrected chi connectivity index (χ3v) is 6.78. The number of nitrogens with zero attached hydrogens (tertiary/aromatic N) is 3. The van der Waals surface area contributed by atoms with Gasteiger partial charge in [-0.25, -0.2) is 14.2 Å². The third kappa shape index (κ3) is 4.04. The number of hydrogen-bond donors (Lipinski definition) is 1. The summed E-state index contributed by atoms with van der Waals surface area (Å²) >= 11 is 0. The number of H-pyrrole nitrogens is 1. The fourth-order valence-electron chi connectivity index (χ4n) is 5.05. The highest BCUT2D eigenvalue weighted by Gasteiger charge is 2.24. The van der Waals surface area contributed by atoms with Crippen molar-refractivity contribution in [2.24, 2.45) is 0 Å². The average molecular weight is 497 g/mol. The van der Waals surface area contributed by atoms with Crippen molar-refractivity contribution in [1.29, 1.82) is 0 Å². The molecule has 1 aliphatic rings. The second kappa shape index (κ2) is 8.89. The molecule has 0 spiro atoms. The number of allylic oxidation sites excluding steroid dienone is 1. The number of benzene rings is 2. The van der Waals surface area contributed by atoms with Crippen LogP contribution in [0, 0.1) is 5.82 Å². The number of imidazole rings is 1. The van der Waals surface area contributed by atoms with Crippen molar-refractivity contribution in [1.82, 2.24) is 19.5 Å². The largest absolute Gasteiger partial charge is 0.488 e. The van der Waals surface area contributed by atoms with Crippen molar-refractivity contribution < 1.29 is 13.7 Å². The van der Waals surface area contributed by atoms with Gasteiger partial charge in [0.2, 0.25) is 0 Å². The number of aromatic nitrogens is 4. The average Bonchev–Trinajstić information content (AvgIpc) is 3.44. The summed E-state index contributed by atoms with van der Waals surface area (Å²) in [6.45, 7) is 6.43. The first-order chi connectivity index (χ1) is 17.9. The number of rotatable bonds is 4. The molecule has 6 rings (SSSR count). The number of ether oxygens (including phenoxy) is 1. The van der Waals surface area contributed by atoms with E-state index in [9.17, 15) is 9.18 Å². The number of fused-ring (bicyclic) bond motifs is 3. The first-order valence-electron chi connectivity index (χ1n) is 12.2. The van der Waals surface area contributed by atoms with Gasteiger partial charge in [-0.15, -0.1) is 0 Å². The maximum absolute atomic E-state index is 14.1. The number of hydrogen-bond acceptors (Lipinski definition) is 5. The van der Waals surface area contributed by atoms with Gasteiger partial charge >= 0.3 is 5.76 Å². The number of nitrogens with one attached hydrogen (secondary N) is 1. The summed E-state index contributed by atoms with van der Waals surface area (Å²) in [6, 6.07) is 16.8. The summed E-state index contributed by atoms with van der Waals surface area (Å²) in [5, 5.41) is 3.88. The molecule has 2 aromatic carbocycles. The quantitative estimate of drug-likeness (QED) is 0.343. The molecular weight excluding hydrogens is 471 g/mol. The molecule has 186 valence electrons. The minimum atomic E-state index is -0.635. The number of pyridine rings is 1. The van der Waals surface area contributed by atoms with Crippen molar-refractivity contribution in [2.75, 3.05) is 0 Å². The molecule has 0 saturated carbocycles. The predicted octanol–water partition coefficient (Wildman–Crippen LogP) is 5.74. The monoisotopic (exact) mass is 496 g/mol. The van der Waals surface area contributed by atoms with E-state index in [1.54, 1.807) is 6.07 Å². The molecule has 0 saturated heterocycles. The van der Waals surface area contributed by atoms with E-state index in [1.807, 2.05) is 31.3 Å². The van der Waals surface area contributed by atoms with Crippen molar-refractivity contribution in [3.05, 3.63) is 117 Å². The SMILES string of the molecule is CC(=C1c2ccc(Cc3c(C(C)C)nc4ccccn34)cc2COc2cc(F)ccc21)c1noc(=O)[nH]1. The highest BCUT2D eigenvalue weighted by Crippen LogP contribution is 2.41. The van der Waals surface area contributed by atoms with Gasteiger partial charge < -0.3 is 9.14 Å². The molecule has 37 heavy (non-hydrogen) atoms. The lowest BCUT2D eigenvalue weighted by atomic mass is 9.89. The molecule has 1 aliphatic heterocycles. The van der Waals surface area contributed by atoms with E-state index in [0.717, 1.165) is 44.9 Å². The van der Waals surface area contributed by atoms with Crippen LogP contribution in [0.15, 0.2) is 70.1 Å². The first-order valence-corrected chi connectivity index (χ1v) is 12.2. The number of halogens is 1. The molecule has 0 unspecified atom stereocenters. The minimum Gasteiger partial charge on any atom is -0.488 e. The van der Waals surface area contributed by atoms with Crippen molar-refractivity contribution in [2.45, 2.75) is 39.7 Å².